The first-order chi connectivity index (χ1) is 10.2. The molecule has 1 heterocycles. The van der Waals surface area contributed by atoms with Crippen LogP contribution in [0.2, 0.25) is 0 Å². The van der Waals surface area contributed by atoms with Crippen LogP contribution in [0.25, 0.3) is 0 Å². The zero-order valence-electron chi connectivity index (χ0n) is 12.9. The Morgan fingerprint density at radius 2 is 2.14 bits per heavy atom. The SMILES string of the molecule is CCN(CC(=O)O)CC1CCCN(Cc2ccccc2)C1. The number of carboxylic acids is 1. The third-order valence-corrected chi connectivity index (χ3v) is 4.17. The summed E-state index contributed by atoms with van der Waals surface area (Å²) < 4.78 is 0. The van der Waals surface area contributed by atoms with Crippen LogP contribution in [0.4, 0.5) is 0 Å². The van der Waals surface area contributed by atoms with Gasteiger partial charge in [0.1, 0.15) is 0 Å². The fourth-order valence-electron chi connectivity index (χ4n) is 3.15. The van der Waals surface area contributed by atoms with Crippen LogP contribution in [0.5, 0.6) is 0 Å². The average molecular weight is 290 g/mol. The Bertz CT molecular complexity index is 436. The van der Waals surface area contributed by atoms with Crippen LogP contribution in [0, 0.1) is 5.92 Å². The molecule has 1 aliphatic heterocycles. The molecule has 1 aliphatic rings. The van der Waals surface area contributed by atoms with Crippen LogP contribution in [0.1, 0.15) is 25.3 Å². The maximum Gasteiger partial charge on any atom is 0.317 e. The van der Waals surface area contributed by atoms with E-state index in [1.54, 1.807) is 0 Å². The number of benzene rings is 1. The fraction of sp³-hybridized carbons (Fsp3) is 0.588. The summed E-state index contributed by atoms with van der Waals surface area (Å²) in [5.41, 5.74) is 1.36. The molecule has 1 atom stereocenters. The van der Waals surface area contributed by atoms with Crippen LogP contribution in [-0.2, 0) is 11.3 Å². The topological polar surface area (TPSA) is 43.8 Å². The van der Waals surface area contributed by atoms with Crippen molar-refractivity contribution in [1.29, 1.82) is 0 Å². The van der Waals surface area contributed by atoms with Gasteiger partial charge in [-0.3, -0.25) is 14.6 Å². The van der Waals surface area contributed by atoms with Gasteiger partial charge in [-0.1, -0.05) is 37.3 Å². The van der Waals surface area contributed by atoms with Gasteiger partial charge < -0.3 is 5.11 Å². The van der Waals surface area contributed by atoms with E-state index in [2.05, 4.69) is 29.2 Å². The van der Waals surface area contributed by atoms with Gasteiger partial charge in [-0.25, -0.2) is 0 Å². The number of aliphatic carboxylic acids is 1. The second-order valence-corrected chi connectivity index (χ2v) is 5.95. The Labute approximate surface area is 127 Å². The number of carbonyl (C=O) groups is 1. The smallest absolute Gasteiger partial charge is 0.317 e. The third kappa shape index (κ3) is 5.48. The molecule has 2 rings (SSSR count). The van der Waals surface area contributed by atoms with E-state index >= 15 is 0 Å². The van der Waals surface area contributed by atoms with Crippen molar-refractivity contribution in [2.75, 3.05) is 32.7 Å². The van der Waals surface area contributed by atoms with Crippen LogP contribution >= 0.6 is 0 Å². The normalized spacial score (nSPS) is 19.8. The molecule has 1 saturated heterocycles. The number of piperidine rings is 1. The summed E-state index contributed by atoms with van der Waals surface area (Å²) >= 11 is 0. The number of hydrogen-bond acceptors (Lipinski definition) is 3. The van der Waals surface area contributed by atoms with Crippen molar-refractivity contribution in [2.45, 2.75) is 26.3 Å². The Morgan fingerprint density at radius 1 is 1.38 bits per heavy atom. The molecule has 1 N–H and O–H groups in total. The van der Waals surface area contributed by atoms with E-state index in [1.165, 1.54) is 18.4 Å². The second-order valence-electron chi connectivity index (χ2n) is 5.95. The maximum atomic E-state index is 10.9. The lowest BCUT2D eigenvalue weighted by atomic mass is 9.97. The zero-order chi connectivity index (χ0) is 15.1. The highest BCUT2D eigenvalue weighted by Crippen LogP contribution is 2.19. The second kappa shape index (κ2) is 8.15. The van der Waals surface area contributed by atoms with Crippen LogP contribution in [0.15, 0.2) is 30.3 Å². The Morgan fingerprint density at radius 3 is 2.81 bits per heavy atom. The first-order valence-corrected chi connectivity index (χ1v) is 7.87. The summed E-state index contributed by atoms with van der Waals surface area (Å²) in [6, 6.07) is 10.6. The molecule has 0 radical (unpaired) electrons. The largest absolute Gasteiger partial charge is 0.480 e. The molecule has 0 amide bonds. The lowest BCUT2D eigenvalue weighted by molar-refractivity contribution is -0.138. The summed E-state index contributed by atoms with van der Waals surface area (Å²) in [6.07, 6.45) is 2.42. The minimum atomic E-state index is -0.728. The van der Waals surface area contributed by atoms with Crippen molar-refractivity contribution in [3.63, 3.8) is 0 Å². The molecule has 0 aliphatic carbocycles. The van der Waals surface area contributed by atoms with Gasteiger partial charge in [-0.2, -0.15) is 0 Å². The highest BCUT2D eigenvalue weighted by atomic mass is 16.4. The summed E-state index contributed by atoms with van der Waals surface area (Å²) in [6.45, 7) is 7.12. The molecule has 0 saturated carbocycles. The Balaban J connectivity index is 1.84. The highest BCUT2D eigenvalue weighted by Gasteiger charge is 2.22. The van der Waals surface area contributed by atoms with E-state index < -0.39 is 5.97 Å². The first kappa shape index (κ1) is 16.0. The summed E-state index contributed by atoms with van der Waals surface area (Å²) in [5, 5.41) is 8.94. The van der Waals surface area contributed by atoms with E-state index in [9.17, 15) is 4.79 Å². The summed E-state index contributed by atoms with van der Waals surface area (Å²) in [7, 11) is 0. The number of nitrogens with zero attached hydrogens (tertiary/aromatic N) is 2. The summed E-state index contributed by atoms with van der Waals surface area (Å²) in [4.78, 5) is 15.4. The lowest BCUT2D eigenvalue weighted by Gasteiger charge is -2.35. The van der Waals surface area contributed by atoms with Gasteiger partial charge in [-0.15, -0.1) is 0 Å². The molecule has 1 fully saturated rings. The summed E-state index contributed by atoms with van der Waals surface area (Å²) in [5.74, 6) is -0.143. The number of carboxylic acid groups (broad SMARTS) is 1. The van der Waals surface area contributed by atoms with Gasteiger partial charge >= 0.3 is 5.97 Å². The van der Waals surface area contributed by atoms with Crippen LogP contribution < -0.4 is 0 Å². The number of likely N-dealkylation sites (tertiary alicyclic amines) is 1. The Hall–Kier alpha value is -1.39. The number of rotatable bonds is 7. The van der Waals surface area contributed by atoms with Crippen LogP contribution in [0.3, 0.4) is 0 Å². The van der Waals surface area contributed by atoms with Crippen molar-refractivity contribution in [2.24, 2.45) is 5.92 Å². The van der Waals surface area contributed by atoms with Gasteiger partial charge in [0.15, 0.2) is 0 Å². The van der Waals surface area contributed by atoms with Gasteiger partial charge in [0.25, 0.3) is 0 Å². The number of hydrogen-bond donors (Lipinski definition) is 1. The molecule has 0 bridgehead atoms. The monoisotopic (exact) mass is 290 g/mol. The highest BCUT2D eigenvalue weighted by molar-refractivity contribution is 5.69. The van der Waals surface area contributed by atoms with Crippen molar-refractivity contribution in [3.05, 3.63) is 35.9 Å². The average Bonchev–Trinajstić information content (AvgIpc) is 2.47. The van der Waals surface area contributed by atoms with E-state index in [0.717, 1.165) is 32.7 Å². The predicted molar refractivity (Wildman–Crippen MR) is 84.2 cm³/mol. The van der Waals surface area contributed by atoms with Gasteiger partial charge in [-0.05, 0) is 37.4 Å². The van der Waals surface area contributed by atoms with Gasteiger partial charge in [0.05, 0.1) is 6.54 Å². The molecule has 4 heteroatoms. The minimum Gasteiger partial charge on any atom is -0.480 e. The quantitative estimate of drug-likeness (QED) is 0.837. The standard InChI is InChI=1S/C17H26N2O2/c1-2-18(14-17(20)21)12-16-9-6-10-19(13-16)11-15-7-4-3-5-8-15/h3-5,7-8,16H,2,6,9-14H2,1H3,(H,20,21). The van der Waals surface area contributed by atoms with E-state index in [0.29, 0.717) is 5.92 Å². The minimum absolute atomic E-state index is 0.158. The van der Waals surface area contributed by atoms with E-state index in [4.69, 9.17) is 5.11 Å². The molecular weight excluding hydrogens is 264 g/mol. The first-order valence-electron chi connectivity index (χ1n) is 7.87. The molecular formula is C17H26N2O2. The lowest BCUT2D eigenvalue weighted by Crippen LogP contribution is -2.42. The van der Waals surface area contributed by atoms with Gasteiger partial charge in [0, 0.05) is 19.6 Å². The third-order valence-electron chi connectivity index (χ3n) is 4.17. The molecule has 4 nitrogen and oxygen atoms in total. The Kier molecular flexibility index (Phi) is 6.21. The van der Waals surface area contributed by atoms with Crippen molar-refractivity contribution >= 4 is 5.97 Å². The zero-order valence-corrected chi connectivity index (χ0v) is 12.9. The molecule has 1 aromatic carbocycles. The molecule has 21 heavy (non-hydrogen) atoms. The van der Waals surface area contributed by atoms with Crippen LogP contribution in [-0.4, -0.2) is 53.6 Å². The maximum absolute atomic E-state index is 10.9. The molecule has 116 valence electrons. The van der Waals surface area contributed by atoms with E-state index in [1.807, 2.05) is 17.9 Å². The van der Waals surface area contributed by atoms with Crippen molar-refractivity contribution in [1.82, 2.24) is 9.80 Å². The number of likely N-dealkylation sites (N-methyl/N-ethyl adjacent to an activating group) is 1. The fourth-order valence-corrected chi connectivity index (χ4v) is 3.15. The van der Waals surface area contributed by atoms with Crippen molar-refractivity contribution in [3.8, 4) is 0 Å². The molecule has 0 spiro atoms. The van der Waals surface area contributed by atoms with Gasteiger partial charge in [0.2, 0.25) is 0 Å². The molecule has 0 aromatic heterocycles. The van der Waals surface area contributed by atoms with E-state index in [-0.39, 0.29) is 6.54 Å². The molecule has 1 aromatic rings. The molecule has 1 unspecified atom stereocenters. The predicted octanol–water partition coefficient (Wildman–Crippen LogP) is 2.31. The van der Waals surface area contributed by atoms with Crippen molar-refractivity contribution < 1.29 is 9.90 Å².